The number of halogens is 4. The van der Waals surface area contributed by atoms with Crippen molar-refractivity contribution in [2.24, 2.45) is 9.12 Å². The van der Waals surface area contributed by atoms with Crippen molar-refractivity contribution in [2.45, 2.75) is 44.0 Å². The molecule has 0 radical (unpaired) electrons. The molecule has 4 rings (SSSR count). The van der Waals surface area contributed by atoms with Crippen molar-refractivity contribution in [1.29, 1.82) is 0 Å². The van der Waals surface area contributed by atoms with Gasteiger partial charge in [-0.2, -0.15) is 0 Å². The fraction of sp³-hybridized carbons (Fsp3) is 0.308. The van der Waals surface area contributed by atoms with E-state index in [0.29, 0.717) is 17.4 Å². The van der Waals surface area contributed by atoms with E-state index in [1.54, 1.807) is 34.0 Å². The van der Waals surface area contributed by atoms with E-state index in [2.05, 4.69) is 72.0 Å². The van der Waals surface area contributed by atoms with Crippen LogP contribution < -0.4 is 27.5 Å². The van der Waals surface area contributed by atoms with Gasteiger partial charge in [-0.3, -0.25) is 0 Å². The quantitative estimate of drug-likeness (QED) is 0.204. The Bertz CT molecular complexity index is 1310. The Labute approximate surface area is 250 Å². The van der Waals surface area contributed by atoms with E-state index in [1.807, 2.05) is 18.5 Å². The molecule has 2 N–H and O–H groups in total. The standard InChI is InChI=1S/C26H29Br2I2N4O2S/c1-2-20(6-4-14-34-37(35,36)23-10-8-22(27)9-11-23)21-7-12-25-24(28)18-33-29-30(25)26(15-21)32-17-19-5-3-13-31-16-19/h3,5,7-11,13,15-16,18,20,32,34H,2,4,6,12,14,17H2,1H3/q-1. The van der Waals surface area contributed by atoms with Gasteiger partial charge in [0.1, 0.15) is 0 Å². The molecule has 6 nitrogen and oxygen atoms in total. The van der Waals surface area contributed by atoms with Crippen molar-refractivity contribution in [3.8, 4) is 0 Å². The second kappa shape index (κ2) is 14.1. The third-order valence-electron chi connectivity index (χ3n) is 6.01. The summed E-state index contributed by atoms with van der Waals surface area (Å²) in [4.78, 5) is 4.55. The summed E-state index contributed by atoms with van der Waals surface area (Å²) in [6.45, 7) is 3.40. The predicted molar refractivity (Wildman–Crippen MR) is 163 cm³/mol. The van der Waals surface area contributed by atoms with Gasteiger partial charge in [-0.25, -0.2) is 0 Å². The Morgan fingerprint density at radius 1 is 1.19 bits per heavy atom. The molecule has 11 heteroatoms. The number of nitrogens with zero attached hydrogens (tertiary/aromatic N) is 2. The Balaban J connectivity index is 1.44. The zero-order chi connectivity index (χ0) is 26.3. The SMILES string of the molecule is CCC(CCCNS(=O)(=O)c1ccc(Br)cc1)C1=CCC2=C(Br)C=N[I-]I2C(NCc2cccnc2)=C1. The maximum absolute atomic E-state index is 12.6. The first kappa shape index (κ1) is 29.4. The van der Waals surface area contributed by atoms with Crippen LogP contribution in [0.1, 0.15) is 38.2 Å². The van der Waals surface area contributed by atoms with E-state index in [9.17, 15) is 8.42 Å². The molecule has 2 aromatic rings. The third kappa shape index (κ3) is 8.19. The van der Waals surface area contributed by atoms with Crippen molar-refractivity contribution >= 4 is 63.9 Å². The van der Waals surface area contributed by atoms with Crippen LogP contribution in [0.3, 0.4) is 0 Å². The zero-order valence-electron chi connectivity index (χ0n) is 20.3. The molecule has 2 aliphatic rings. The van der Waals surface area contributed by atoms with Gasteiger partial charge in [0.25, 0.3) is 0 Å². The van der Waals surface area contributed by atoms with E-state index in [1.165, 1.54) is 14.8 Å². The minimum atomic E-state index is -3.50. The summed E-state index contributed by atoms with van der Waals surface area (Å²) in [5, 5.41) is 3.77. The van der Waals surface area contributed by atoms with Gasteiger partial charge < -0.3 is 0 Å². The first-order valence-corrected chi connectivity index (χ1v) is 24.4. The molecule has 0 saturated heterocycles. The average molecular weight is 875 g/mol. The Kier molecular flexibility index (Phi) is 11.2. The van der Waals surface area contributed by atoms with Crippen LogP contribution in [0.2, 0.25) is 0 Å². The van der Waals surface area contributed by atoms with Gasteiger partial charge in [0.2, 0.25) is 0 Å². The first-order valence-electron chi connectivity index (χ1n) is 11.9. The van der Waals surface area contributed by atoms with E-state index >= 15 is 0 Å². The van der Waals surface area contributed by atoms with Gasteiger partial charge in [0.05, 0.1) is 0 Å². The fourth-order valence-electron chi connectivity index (χ4n) is 4.01. The Morgan fingerprint density at radius 2 is 2.00 bits per heavy atom. The molecule has 200 valence electrons. The maximum atomic E-state index is 12.6. The van der Waals surface area contributed by atoms with Gasteiger partial charge in [0.15, 0.2) is 0 Å². The number of hydrogen-bond donors (Lipinski definition) is 2. The summed E-state index contributed by atoms with van der Waals surface area (Å²) < 4.78 is 37.7. The van der Waals surface area contributed by atoms with E-state index in [0.717, 1.165) is 41.2 Å². The van der Waals surface area contributed by atoms with Crippen LogP contribution in [0.25, 0.3) is 0 Å². The Hall–Kier alpha value is -0.610. The average Bonchev–Trinajstić information content (AvgIpc) is 3.09. The number of benzene rings is 1. The van der Waals surface area contributed by atoms with E-state index in [4.69, 9.17) is 3.21 Å². The van der Waals surface area contributed by atoms with Gasteiger partial charge in [-0.1, -0.05) is 15.9 Å². The van der Waals surface area contributed by atoms with Crippen LogP contribution >= 0.6 is 47.7 Å². The number of hydrogen-bond acceptors (Lipinski definition) is 5. The number of rotatable bonds is 11. The summed E-state index contributed by atoms with van der Waals surface area (Å²) in [5.74, 6) is 0.378. The molecule has 0 saturated carbocycles. The van der Waals surface area contributed by atoms with Gasteiger partial charge >= 0.3 is 233 Å². The number of sulfonamides is 1. The van der Waals surface area contributed by atoms with Crippen LogP contribution in [0, 0.1) is 5.92 Å². The van der Waals surface area contributed by atoms with E-state index in [-0.39, 0.29) is 17.5 Å². The second-order valence-electron chi connectivity index (χ2n) is 8.50. The zero-order valence-corrected chi connectivity index (χ0v) is 28.6. The topological polar surface area (TPSA) is 83.5 Å². The fourth-order valence-corrected chi connectivity index (χ4v) is 22.2. The van der Waals surface area contributed by atoms with Crippen molar-refractivity contribution < 1.29 is 25.9 Å². The minimum absolute atomic E-state index is 0.231. The predicted octanol–water partition coefficient (Wildman–Crippen LogP) is 4.01. The van der Waals surface area contributed by atoms with Crippen molar-refractivity contribution in [1.82, 2.24) is 15.0 Å². The number of nitrogens with one attached hydrogen (secondary N) is 2. The monoisotopic (exact) mass is 873 g/mol. The van der Waals surface area contributed by atoms with Crippen LogP contribution in [-0.4, -0.2) is 26.2 Å². The molecule has 0 aliphatic carbocycles. The molecule has 3 heterocycles. The summed E-state index contributed by atoms with van der Waals surface area (Å²) in [5.41, 5.74) is 2.53. The van der Waals surface area contributed by atoms with Crippen LogP contribution in [0.5, 0.6) is 0 Å². The number of pyridine rings is 1. The number of allylic oxidation sites excluding steroid dienone is 5. The normalized spacial score (nSPS) is 17.8. The number of fused-ring (bicyclic) bond motifs is 1. The van der Waals surface area contributed by atoms with Crippen LogP contribution in [0.4, 0.5) is 0 Å². The molecule has 1 aromatic heterocycles. The second-order valence-corrected chi connectivity index (χ2v) is 24.7. The number of aromatic nitrogens is 1. The molecule has 1 aromatic carbocycles. The van der Waals surface area contributed by atoms with Crippen molar-refractivity contribution in [3.05, 3.63) is 88.3 Å². The molecule has 0 spiro atoms. The molecule has 37 heavy (non-hydrogen) atoms. The summed E-state index contributed by atoms with van der Waals surface area (Å²) in [6, 6.07) is 10.8. The molecule has 0 fully saturated rings. The van der Waals surface area contributed by atoms with E-state index < -0.39 is 25.9 Å². The molecule has 0 amide bonds. The molecule has 2 aliphatic heterocycles. The van der Waals surface area contributed by atoms with Gasteiger partial charge in [0, 0.05) is 4.47 Å². The summed E-state index contributed by atoms with van der Waals surface area (Å²) in [6.07, 6.45) is 14.2. The van der Waals surface area contributed by atoms with Crippen LogP contribution in [-0.2, 0) is 16.6 Å². The molecule has 0 bridgehead atoms. The van der Waals surface area contributed by atoms with Crippen molar-refractivity contribution in [3.63, 3.8) is 0 Å². The summed E-state index contributed by atoms with van der Waals surface area (Å²) >= 11 is 5.34. The van der Waals surface area contributed by atoms with Crippen LogP contribution in [0.15, 0.2) is 90.9 Å². The molecule has 1 unspecified atom stereocenters. The molecular weight excluding hydrogens is 846 g/mol. The first-order chi connectivity index (χ1) is 17.9. The third-order valence-corrected chi connectivity index (χ3v) is 24.3. The van der Waals surface area contributed by atoms with Crippen molar-refractivity contribution in [2.75, 3.05) is 6.54 Å². The molecular formula is C26H29Br2I2N4O2S-. The summed E-state index contributed by atoms with van der Waals surface area (Å²) in [7, 11) is -3.50. The van der Waals surface area contributed by atoms with Gasteiger partial charge in [-0.15, -0.1) is 0 Å². The Morgan fingerprint density at radius 3 is 2.73 bits per heavy atom. The van der Waals surface area contributed by atoms with Gasteiger partial charge in [-0.05, 0) is 0 Å². The molecule has 1 atom stereocenters.